The highest BCUT2D eigenvalue weighted by molar-refractivity contribution is 9.09. The van der Waals surface area contributed by atoms with E-state index in [-0.39, 0.29) is 11.6 Å². The minimum absolute atomic E-state index is 0.101. The molecule has 1 rings (SSSR count). The van der Waals surface area contributed by atoms with E-state index in [9.17, 15) is 9.18 Å². The van der Waals surface area contributed by atoms with Gasteiger partial charge in [0.1, 0.15) is 16.4 Å². The zero-order chi connectivity index (χ0) is 10.7. The summed E-state index contributed by atoms with van der Waals surface area (Å²) in [7, 11) is 0. The van der Waals surface area contributed by atoms with Gasteiger partial charge in [-0.05, 0) is 18.6 Å². The van der Waals surface area contributed by atoms with Crippen LogP contribution in [-0.2, 0) is 10.1 Å². The Morgan fingerprint density at radius 3 is 2.71 bits per heavy atom. The molecule has 0 amide bonds. The number of carbonyl (C=O) groups is 1. The van der Waals surface area contributed by atoms with Crippen molar-refractivity contribution in [2.75, 3.05) is 0 Å². The maximum Gasteiger partial charge on any atom is 0.147 e. The molecule has 0 N–H and O–H groups in total. The van der Waals surface area contributed by atoms with Gasteiger partial charge in [0.05, 0.1) is 0 Å². The molecule has 76 valence electrons. The van der Waals surface area contributed by atoms with E-state index in [4.69, 9.17) is 0 Å². The van der Waals surface area contributed by atoms with Crippen molar-refractivity contribution >= 4 is 37.6 Å². The molecule has 0 heterocycles. The van der Waals surface area contributed by atoms with Gasteiger partial charge in [-0.3, -0.25) is 4.79 Å². The van der Waals surface area contributed by atoms with E-state index in [0.717, 1.165) is 5.56 Å². The fourth-order valence-corrected chi connectivity index (χ4v) is 1.79. The minimum atomic E-state index is -0.554. The van der Waals surface area contributed by atoms with Crippen molar-refractivity contribution in [2.24, 2.45) is 0 Å². The number of carbonyl (C=O) groups excluding carboxylic acids is 1. The van der Waals surface area contributed by atoms with Crippen LogP contribution in [0.2, 0.25) is 0 Å². The molecule has 1 atom stereocenters. The lowest BCUT2D eigenvalue weighted by atomic mass is 10.1. The van der Waals surface area contributed by atoms with E-state index in [1.165, 1.54) is 13.0 Å². The van der Waals surface area contributed by atoms with Crippen LogP contribution >= 0.6 is 31.9 Å². The molecular formula is C10H9Br2FO. The van der Waals surface area contributed by atoms with Gasteiger partial charge in [0, 0.05) is 10.9 Å². The topological polar surface area (TPSA) is 17.1 Å². The highest BCUT2D eigenvalue weighted by Gasteiger charge is 2.17. The summed E-state index contributed by atoms with van der Waals surface area (Å²) in [4.78, 5) is 10.5. The van der Waals surface area contributed by atoms with Crippen molar-refractivity contribution < 1.29 is 9.18 Å². The quantitative estimate of drug-likeness (QED) is 0.774. The predicted molar refractivity (Wildman–Crippen MR) is 61.4 cm³/mol. The van der Waals surface area contributed by atoms with Crippen LogP contribution in [0.5, 0.6) is 0 Å². The summed E-state index contributed by atoms with van der Waals surface area (Å²) in [5.41, 5.74) is 1.35. The molecule has 1 aromatic carbocycles. The Morgan fingerprint density at radius 1 is 1.57 bits per heavy atom. The third kappa shape index (κ3) is 2.64. The van der Waals surface area contributed by atoms with Gasteiger partial charge in [0.2, 0.25) is 0 Å². The van der Waals surface area contributed by atoms with Crippen LogP contribution in [0.15, 0.2) is 18.2 Å². The van der Waals surface area contributed by atoms with Crippen molar-refractivity contribution in [2.45, 2.75) is 17.1 Å². The van der Waals surface area contributed by atoms with Crippen LogP contribution in [0.25, 0.3) is 0 Å². The largest absolute Gasteiger partial charge is 0.298 e. The third-order valence-corrected chi connectivity index (χ3v) is 3.63. The number of halogens is 3. The van der Waals surface area contributed by atoms with Crippen LogP contribution in [-0.4, -0.2) is 5.78 Å². The van der Waals surface area contributed by atoms with Gasteiger partial charge in [0.15, 0.2) is 0 Å². The van der Waals surface area contributed by atoms with Crippen molar-refractivity contribution in [1.29, 1.82) is 0 Å². The van der Waals surface area contributed by atoms with Gasteiger partial charge >= 0.3 is 0 Å². The lowest BCUT2D eigenvalue weighted by Gasteiger charge is -2.08. The summed E-state index contributed by atoms with van der Waals surface area (Å²) >= 11 is 6.44. The molecule has 0 aromatic heterocycles. The molecular weight excluding hydrogens is 315 g/mol. The molecule has 14 heavy (non-hydrogen) atoms. The molecule has 1 nitrogen and oxygen atoms in total. The highest BCUT2D eigenvalue weighted by Crippen LogP contribution is 2.27. The molecule has 0 fully saturated rings. The standard InChI is InChI=1S/C10H9Br2FO/c1-6(14)10(12)8-4-7(5-11)2-3-9(8)13/h2-4,10H,5H2,1H3. The normalized spacial score (nSPS) is 12.6. The number of rotatable bonds is 3. The SMILES string of the molecule is CC(=O)C(Br)c1cc(CBr)ccc1F. The first-order valence-electron chi connectivity index (χ1n) is 4.05. The zero-order valence-electron chi connectivity index (χ0n) is 7.56. The van der Waals surface area contributed by atoms with Gasteiger partial charge in [-0.15, -0.1) is 0 Å². The van der Waals surface area contributed by atoms with Crippen LogP contribution in [0.4, 0.5) is 4.39 Å². The fraction of sp³-hybridized carbons (Fsp3) is 0.300. The summed E-state index contributed by atoms with van der Waals surface area (Å²) in [6.07, 6.45) is 0. The average molecular weight is 324 g/mol. The summed E-state index contributed by atoms with van der Waals surface area (Å²) in [5.74, 6) is -0.456. The lowest BCUT2D eigenvalue weighted by molar-refractivity contribution is -0.116. The number of benzene rings is 1. The van der Waals surface area contributed by atoms with Crippen molar-refractivity contribution in [3.05, 3.63) is 35.1 Å². The maximum atomic E-state index is 13.3. The molecule has 1 aromatic rings. The van der Waals surface area contributed by atoms with Crippen LogP contribution in [0.1, 0.15) is 22.9 Å². The Labute approximate surface area is 99.0 Å². The Bertz CT molecular complexity index is 352. The van der Waals surface area contributed by atoms with Gasteiger partial charge in [-0.25, -0.2) is 4.39 Å². The minimum Gasteiger partial charge on any atom is -0.298 e. The number of Topliss-reactive ketones (excluding diaryl/α,β-unsaturated/α-hetero) is 1. The van der Waals surface area contributed by atoms with Crippen molar-refractivity contribution in [1.82, 2.24) is 0 Å². The monoisotopic (exact) mass is 322 g/mol. The van der Waals surface area contributed by atoms with E-state index >= 15 is 0 Å². The summed E-state index contributed by atoms with van der Waals surface area (Å²) in [5, 5.41) is 0.651. The maximum absolute atomic E-state index is 13.3. The molecule has 0 aliphatic heterocycles. The number of ketones is 1. The number of hydrogen-bond donors (Lipinski definition) is 0. The Balaban J connectivity index is 3.11. The Hall–Kier alpha value is -0.220. The average Bonchev–Trinajstić information content (AvgIpc) is 2.17. The first kappa shape index (κ1) is 11.9. The predicted octanol–water partition coefficient (Wildman–Crippen LogP) is 3.75. The summed E-state index contributed by atoms with van der Waals surface area (Å²) < 4.78 is 13.3. The molecule has 0 bridgehead atoms. The number of hydrogen-bond acceptors (Lipinski definition) is 1. The van der Waals surface area contributed by atoms with E-state index in [1.807, 2.05) is 0 Å². The van der Waals surface area contributed by atoms with Gasteiger partial charge in [-0.2, -0.15) is 0 Å². The van der Waals surface area contributed by atoms with E-state index < -0.39 is 4.83 Å². The summed E-state index contributed by atoms with van der Waals surface area (Å²) in [6, 6.07) is 4.75. The van der Waals surface area contributed by atoms with Crippen molar-refractivity contribution in [3.8, 4) is 0 Å². The lowest BCUT2D eigenvalue weighted by Crippen LogP contribution is -2.04. The summed E-state index contributed by atoms with van der Waals surface area (Å²) in [6.45, 7) is 1.43. The zero-order valence-corrected chi connectivity index (χ0v) is 10.7. The Morgan fingerprint density at radius 2 is 2.21 bits per heavy atom. The molecule has 0 aliphatic carbocycles. The van der Waals surface area contributed by atoms with Gasteiger partial charge < -0.3 is 0 Å². The molecule has 4 heteroatoms. The van der Waals surface area contributed by atoms with E-state index in [0.29, 0.717) is 10.9 Å². The molecule has 0 radical (unpaired) electrons. The molecule has 0 saturated heterocycles. The molecule has 0 aliphatic rings. The third-order valence-electron chi connectivity index (χ3n) is 1.84. The van der Waals surface area contributed by atoms with Gasteiger partial charge in [0.25, 0.3) is 0 Å². The molecule has 0 spiro atoms. The van der Waals surface area contributed by atoms with Crippen LogP contribution < -0.4 is 0 Å². The highest BCUT2D eigenvalue weighted by atomic mass is 79.9. The second kappa shape index (κ2) is 5.03. The Kier molecular flexibility index (Phi) is 4.26. The smallest absolute Gasteiger partial charge is 0.147 e. The molecule has 0 saturated carbocycles. The van der Waals surface area contributed by atoms with Crippen LogP contribution in [0.3, 0.4) is 0 Å². The van der Waals surface area contributed by atoms with Gasteiger partial charge in [-0.1, -0.05) is 44.0 Å². The first-order chi connectivity index (χ1) is 6.56. The first-order valence-corrected chi connectivity index (χ1v) is 6.08. The molecule has 1 unspecified atom stereocenters. The number of alkyl halides is 2. The van der Waals surface area contributed by atoms with Crippen LogP contribution in [0, 0.1) is 5.82 Å². The van der Waals surface area contributed by atoms with E-state index in [1.54, 1.807) is 12.1 Å². The second-order valence-electron chi connectivity index (χ2n) is 2.96. The second-order valence-corrected chi connectivity index (χ2v) is 4.44. The fourth-order valence-electron chi connectivity index (χ4n) is 1.09. The van der Waals surface area contributed by atoms with E-state index in [2.05, 4.69) is 31.9 Å². The van der Waals surface area contributed by atoms with Crippen molar-refractivity contribution in [3.63, 3.8) is 0 Å².